The number of halogens is 1. The SMILES string of the molecule is Br.CCCCCCCCCCCCNN1CCOCC1. The lowest BCUT2D eigenvalue weighted by atomic mass is 10.1. The van der Waals surface area contributed by atoms with Gasteiger partial charge in [0.15, 0.2) is 0 Å². The maximum Gasteiger partial charge on any atom is 0.0608 e. The Balaban J connectivity index is 0.00000361. The first-order valence-electron chi connectivity index (χ1n) is 8.49. The van der Waals surface area contributed by atoms with Crippen LogP contribution in [-0.2, 0) is 4.74 Å². The fraction of sp³-hybridized carbons (Fsp3) is 1.00. The average Bonchev–Trinajstić information content (AvgIpc) is 2.46. The highest BCUT2D eigenvalue weighted by Crippen LogP contribution is 2.10. The zero-order chi connectivity index (χ0) is 13.6. The molecular weight excluding hydrogens is 316 g/mol. The van der Waals surface area contributed by atoms with Gasteiger partial charge in [-0.3, -0.25) is 5.43 Å². The Bertz CT molecular complexity index is 187. The van der Waals surface area contributed by atoms with Gasteiger partial charge in [-0.25, -0.2) is 5.01 Å². The van der Waals surface area contributed by atoms with Crippen molar-refractivity contribution in [2.45, 2.75) is 71.1 Å². The van der Waals surface area contributed by atoms with Gasteiger partial charge in [-0.15, -0.1) is 17.0 Å². The first-order chi connectivity index (χ1) is 9.43. The predicted octanol–water partition coefficient (Wildman–Crippen LogP) is 4.32. The first-order valence-corrected chi connectivity index (χ1v) is 8.49. The van der Waals surface area contributed by atoms with Gasteiger partial charge in [-0.05, 0) is 6.42 Å². The monoisotopic (exact) mass is 350 g/mol. The molecule has 0 atom stereocenters. The standard InChI is InChI=1S/C16H34N2O.BrH/c1-2-3-4-5-6-7-8-9-10-11-12-17-18-13-15-19-16-14-18;/h17H,2-16H2,1H3;1H. The van der Waals surface area contributed by atoms with Crippen molar-refractivity contribution in [2.75, 3.05) is 32.8 Å². The molecule has 0 aromatic rings. The molecule has 0 spiro atoms. The first kappa shape index (κ1) is 20.4. The Labute approximate surface area is 136 Å². The molecule has 1 fully saturated rings. The van der Waals surface area contributed by atoms with Crippen molar-refractivity contribution < 1.29 is 4.74 Å². The van der Waals surface area contributed by atoms with Gasteiger partial charge < -0.3 is 4.74 Å². The summed E-state index contributed by atoms with van der Waals surface area (Å²) in [5.74, 6) is 0. The number of hydrogen-bond acceptors (Lipinski definition) is 3. The molecule has 1 aliphatic heterocycles. The molecule has 0 aromatic carbocycles. The molecule has 3 nitrogen and oxygen atoms in total. The predicted molar refractivity (Wildman–Crippen MR) is 92.6 cm³/mol. The summed E-state index contributed by atoms with van der Waals surface area (Å²) in [5.41, 5.74) is 3.50. The Morgan fingerprint density at radius 1 is 0.800 bits per heavy atom. The van der Waals surface area contributed by atoms with Crippen LogP contribution in [-0.4, -0.2) is 37.9 Å². The molecule has 1 rings (SSSR count). The van der Waals surface area contributed by atoms with Crippen LogP contribution in [0.5, 0.6) is 0 Å². The fourth-order valence-corrected chi connectivity index (χ4v) is 2.57. The van der Waals surface area contributed by atoms with Gasteiger partial charge in [-0.1, -0.05) is 64.7 Å². The highest BCUT2D eigenvalue weighted by atomic mass is 79.9. The van der Waals surface area contributed by atoms with E-state index in [1.807, 2.05) is 0 Å². The van der Waals surface area contributed by atoms with Crippen molar-refractivity contribution in [3.8, 4) is 0 Å². The topological polar surface area (TPSA) is 24.5 Å². The largest absolute Gasteiger partial charge is 0.379 e. The van der Waals surface area contributed by atoms with E-state index in [9.17, 15) is 0 Å². The van der Waals surface area contributed by atoms with Crippen LogP contribution in [0.3, 0.4) is 0 Å². The van der Waals surface area contributed by atoms with Crippen molar-refractivity contribution in [3.05, 3.63) is 0 Å². The van der Waals surface area contributed by atoms with Crippen LogP contribution in [0, 0.1) is 0 Å². The summed E-state index contributed by atoms with van der Waals surface area (Å²) >= 11 is 0. The van der Waals surface area contributed by atoms with E-state index < -0.39 is 0 Å². The quantitative estimate of drug-likeness (QED) is 0.530. The second-order valence-corrected chi connectivity index (χ2v) is 5.69. The second-order valence-electron chi connectivity index (χ2n) is 5.69. The van der Waals surface area contributed by atoms with E-state index >= 15 is 0 Å². The minimum atomic E-state index is 0. The molecule has 1 aliphatic rings. The lowest BCUT2D eigenvalue weighted by Gasteiger charge is -2.27. The summed E-state index contributed by atoms with van der Waals surface area (Å²) < 4.78 is 5.32. The number of rotatable bonds is 12. The van der Waals surface area contributed by atoms with Gasteiger partial charge in [0.1, 0.15) is 0 Å². The van der Waals surface area contributed by atoms with Gasteiger partial charge in [0.05, 0.1) is 13.2 Å². The van der Waals surface area contributed by atoms with Gasteiger partial charge in [0.25, 0.3) is 0 Å². The Morgan fingerprint density at radius 2 is 1.30 bits per heavy atom. The highest BCUT2D eigenvalue weighted by Gasteiger charge is 2.08. The molecule has 0 aromatic heterocycles. The number of hydrazine groups is 1. The number of unbranched alkanes of at least 4 members (excludes halogenated alkanes) is 9. The van der Waals surface area contributed by atoms with Gasteiger partial charge in [0, 0.05) is 19.6 Å². The third-order valence-electron chi connectivity index (χ3n) is 3.88. The number of morpholine rings is 1. The molecule has 0 aliphatic carbocycles. The van der Waals surface area contributed by atoms with E-state index in [2.05, 4.69) is 17.4 Å². The van der Waals surface area contributed by atoms with Crippen LogP contribution in [0.1, 0.15) is 71.1 Å². The summed E-state index contributed by atoms with van der Waals surface area (Å²) in [6.07, 6.45) is 14.1. The number of nitrogens with one attached hydrogen (secondary N) is 1. The van der Waals surface area contributed by atoms with Crippen molar-refractivity contribution in [1.82, 2.24) is 10.4 Å². The summed E-state index contributed by atoms with van der Waals surface area (Å²) in [4.78, 5) is 0. The van der Waals surface area contributed by atoms with Crippen LogP contribution < -0.4 is 5.43 Å². The summed E-state index contributed by atoms with van der Waals surface area (Å²) in [6, 6.07) is 0. The van der Waals surface area contributed by atoms with Crippen molar-refractivity contribution in [1.29, 1.82) is 0 Å². The fourth-order valence-electron chi connectivity index (χ4n) is 2.57. The maximum atomic E-state index is 5.32. The maximum absolute atomic E-state index is 5.32. The zero-order valence-corrected chi connectivity index (χ0v) is 15.1. The number of hydrogen-bond donors (Lipinski definition) is 1. The van der Waals surface area contributed by atoms with Crippen molar-refractivity contribution >= 4 is 17.0 Å². The molecule has 4 heteroatoms. The van der Waals surface area contributed by atoms with Gasteiger partial charge >= 0.3 is 0 Å². The third-order valence-corrected chi connectivity index (χ3v) is 3.88. The lowest BCUT2D eigenvalue weighted by molar-refractivity contribution is 0.0118. The van der Waals surface area contributed by atoms with E-state index in [0.717, 1.165) is 32.8 Å². The van der Waals surface area contributed by atoms with E-state index in [1.165, 1.54) is 64.2 Å². The molecule has 0 amide bonds. The molecule has 1 saturated heterocycles. The van der Waals surface area contributed by atoms with Crippen molar-refractivity contribution in [3.63, 3.8) is 0 Å². The average molecular weight is 351 g/mol. The zero-order valence-electron chi connectivity index (χ0n) is 13.4. The van der Waals surface area contributed by atoms with Crippen LogP contribution in [0.15, 0.2) is 0 Å². The Morgan fingerprint density at radius 3 is 1.85 bits per heavy atom. The minimum absolute atomic E-state index is 0. The highest BCUT2D eigenvalue weighted by molar-refractivity contribution is 8.93. The van der Waals surface area contributed by atoms with Crippen LogP contribution in [0.2, 0.25) is 0 Å². The molecule has 1 heterocycles. The molecule has 0 radical (unpaired) electrons. The third kappa shape index (κ3) is 12.1. The Hall–Kier alpha value is 0.360. The molecule has 1 N–H and O–H groups in total. The van der Waals surface area contributed by atoms with E-state index in [4.69, 9.17) is 4.74 Å². The molecule has 20 heavy (non-hydrogen) atoms. The van der Waals surface area contributed by atoms with Gasteiger partial charge in [-0.2, -0.15) is 0 Å². The van der Waals surface area contributed by atoms with Crippen LogP contribution >= 0.6 is 17.0 Å². The minimum Gasteiger partial charge on any atom is -0.379 e. The van der Waals surface area contributed by atoms with Crippen LogP contribution in [0.4, 0.5) is 0 Å². The Kier molecular flexibility index (Phi) is 16.0. The van der Waals surface area contributed by atoms with E-state index in [-0.39, 0.29) is 17.0 Å². The summed E-state index contributed by atoms with van der Waals surface area (Å²) in [7, 11) is 0. The second kappa shape index (κ2) is 15.7. The molecule has 122 valence electrons. The lowest BCUT2D eigenvalue weighted by Crippen LogP contribution is -2.45. The molecule has 0 unspecified atom stereocenters. The number of ether oxygens (including phenoxy) is 1. The summed E-state index contributed by atoms with van der Waals surface area (Å²) in [6.45, 7) is 7.26. The smallest absolute Gasteiger partial charge is 0.0608 e. The molecular formula is C16H35BrN2O. The van der Waals surface area contributed by atoms with E-state index in [1.54, 1.807) is 0 Å². The van der Waals surface area contributed by atoms with E-state index in [0.29, 0.717) is 0 Å². The summed E-state index contributed by atoms with van der Waals surface area (Å²) in [5, 5.41) is 2.30. The molecule has 0 saturated carbocycles. The normalized spacial score (nSPS) is 16.1. The van der Waals surface area contributed by atoms with Crippen molar-refractivity contribution in [2.24, 2.45) is 0 Å². The number of nitrogens with zero attached hydrogens (tertiary/aromatic N) is 1. The van der Waals surface area contributed by atoms with Crippen LogP contribution in [0.25, 0.3) is 0 Å². The molecule has 0 bridgehead atoms. The van der Waals surface area contributed by atoms with Gasteiger partial charge in [0.2, 0.25) is 0 Å².